The lowest BCUT2D eigenvalue weighted by atomic mass is 10.0. The molecule has 0 spiro atoms. The number of quaternary nitrogens is 1. The standard InChI is InChI=1S/C27H50N/c1-5-7-8-9-10-11-12-13-14-15-16-17-18-22-25-28(3,4)27(6-2)26-23-20-19-21-24-26/h19-21,23-24,27H,5-18,22,25H2,1-4H3/q+1/t27-/m0/s1. The molecular formula is C27H50N+. The van der Waals surface area contributed by atoms with Crippen LogP contribution in [0.2, 0.25) is 0 Å². The molecule has 0 aliphatic carbocycles. The first kappa shape index (κ1) is 25.2. The van der Waals surface area contributed by atoms with Gasteiger partial charge in [-0.15, -0.1) is 0 Å². The number of benzene rings is 1. The predicted molar refractivity (Wildman–Crippen MR) is 127 cm³/mol. The van der Waals surface area contributed by atoms with Gasteiger partial charge in [0.05, 0.1) is 20.6 Å². The first-order chi connectivity index (χ1) is 13.6. The van der Waals surface area contributed by atoms with Crippen LogP contribution < -0.4 is 0 Å². The van der Waals surface area contributed by atoms with Crippen molar-refractivity contribution in [3.63, 3.8) is 0 Å². The summed E-state index contributed by atoms with van der Waals surface area (Å²) in [4.78, 5) is 0. The molecule has 1 nitrogen and oxygen atoms in total. The lowest BCUT2D eigenvalue weighted by molar-refractivity contribution is -0.921. The average Bonchev–Trinajstić information content (AvgIpc) is 2.69. The largest absolute Gasteiger partial charge is 0.322 e. The van der Waals surface area contributed by atoms with Crippen molar-refractivity contribution in [2.45, 2.75) is 116 Å². The molecule has 0 aliphatic rings. The maximum Gasteiger partial charge on any atom is 0.114 e. The van der Waals surface area contributed by atoms with Crippen LogP contribution in [0, 0.1) is 0 Å². The van der Waals surface area contributed by atoms with Crippen molar-refractivity contribution in [1.29, 1.82) is 0 Å². The van der Waals surface area contributed by atoms with Gasteiger partial charge in [0.15, 0.2) is 0 Å². The molecule has 0 amide bonds. The minimum atomic E-state index is 0.628. The molecule has 0 radical (unpaired) electrons. The summed E-state index contributed by atoms with van der Waals surface area (Å²) in [7, 11) is 4.84. The first-order valence-corrected chi connectivity index (χ1v) is 12.5. The van der Waals surface area contributed by atoms with Crippen molar-refractivity contribution in [3.8, 4) is 0 Å². The molecule has 1 atom stereocenters. The summed E-state index contributed by atoms with van der Waals surface area (Å²) in [6.45, 7) is 5.93. The third kappa shape index (κ3) is 11.2. The monoisotopic (exact) mass is 388 g/mol. The fourth-order valence-electron chi connectivity index (χ4n) is 4.68. The van der Waals surface area contributed by atoms with E-state index in [2.05, 4.69) is 58.3 Å². The van der Waals surface area contributed by atoms with Gasteiger partial charge >= 0.3 is 0 Å². The normalized spacial score (nSPS) is 13.0. The second kappa shape index (κ2) is 16.0. The molecule has 0 fully saturated rings. The summed E-state index contributed by atoms with van der Waals surface area (Å²) in [5, 5.41) is 0. The smallest absolute Gasteiger partial charge is 0.114 e. The molecule has 0 aromatic heterocycles. The maximum absolute atomic E-state index is 2.42. The Bertz CT molecular complexity index is 451. The Hall–Kier alpha value is -0.820. The van der Waals surface area contributed by atoms with Gasteiger partial charge in [-0.2, -0.15) is 0 Å². The Morgan fingerprint density at radius 2 is 1.04 bits per heavy atom. The lowest BCUT2D eigenvalue weighted by Crippen LogP contribution is -2.43. The second-order valence-corrected chi connectivity index (χ2v) is 9.43. The second-order valence-electron chi connectivity index (χ2n) is 9.43. The van der Waals surface area contributed by atoms with Crippen LogP contribution in [0.3, 0.4) is 0 Å². The van der Waals surface area contributed by atoms with E-state index in [1.807, 2.05) is 0 Å². The molecule has 1 aromatic carbocycles. The van der Waals surface area contributed by atoms with E-state index < -0.39 is 0 Å². The molecule has 0 saturated heterocycles. The number of rotatable bonds is 18. The van der Waals surface area contributed by atoms with Gasteiger partial charge in [0.25, 0.3) is 0 Å². The highest BCUT2D eigenvalue weighted by Crippen LogP contribution is 2.28. The fraction of sp³-hybridized carbons (Fsp3) is 0.778. The van der Waals surface area contributed by atoms with E-state index in [-0.39, 0.29) is 0 Å². The summed E-state index contributed by atoms with van der Waals surface area (Å²) in [6, 6.07) is 11.7. The molecule has 0 aliphatic heterocycles. The lowest BCUT2D eigenvalue weighted by Gasteiger charge is -2.38. The highest BCUT2D eigenvalue weighted by atomic mass is 15.3. The topological polar surface area (TPSA) is 0 Å². The van der Waals surface area contributed by atoms with Crippen molar-refractivity contribution in [2.75, 3.05) is 20.6 Å². The van der Waals surface area contributed by atoms with E-state index in [1.54, 1.807) is 0 Å². The average molecular weight is 389 g/mol. The molecule has 1 aromatic rings. The van der Waals surface area contributed by atoms with E-state index >= 15 is 0 Å². The predicted octanol–water partition coefficient (Wildman–Crippen LogP) is 8.70. The zero-order chi connectivity index (χ0) is 20.5. The Kier molecular flexibility index (Phi) is 14.4. The van der Waals surface area contributed by atoms with Crippen LogP contribution in [-0.4, -0.2) is 25.1 Å². The van der Waals surface area contributed by atoms with Gasteiger partial charge < -0.3 is 4.48 Å². The number of nitrogens with zero attached hydrogens (tertiary/aromatic N) is 1. The van der Waals surface area contributed by atoms with E-state index in [0.29, 0.717) is 6.04 Å². The summed E-state index contributed by atoms with van der Waals surface area (Å²) >= 11 is 0. The molecule has 0 saturated carbocycles. The van der Waals surface area contributed by atoms with Crippen LogP contribution in [-0.2, 0) is 0 Å². The van der Waals surface area contributed by atoms with E-state index in [0.717, 1.165) is 4.48 Å². The van der Waals surface area contributed by atoms with Crippen molar-refractivity contribution in [2.24, 2.45) is 0 Å². The molecule has 1 heteroatoms. The molecule has 0 heterocycles. The molecular weight excluding hydrogens is 338 g/mol. The van der Waals surface area contributed by atoms with Gasteiger partial charge in [-0.3, -0.25) is 0 Å². The Morgan fingerprint density at radius 1 is 0.607 bits per heavy atom. The van der Waals surface area contributed by atoms with Gasteiger partial charge in [-0.1, -0.05) is 121 Å². The quantitative estimate of drug-likeness (QED) is 0.174. The van der Waals surface area contributed by atoms with Crippen molar-refractivity contribution < 1.29 is 4.48 Å². The third-order valence-electron chi connectivity index (χ3n) is 6.50. The maximum atomic E-state index is 2.42. The molecule has 1 rings (SSSR count). The van der Waals surface area contributed by atoms with Crippen molar-refractivity contribution >= 4 is 0 Å². The third-order valence-corrected chi connectivity index (χ3v) is 6.50. The van der Waals surface area contributed by atoms with Crippen LogP contribution in [0.4, 0.5) is 0 Å². The van der Waals surface area contributed by atoms with E-state index in [1.165, 1.54) is 108 Å². The van der Waals surface area contributed by atoms with Crippen LogP contribution >= 0.6 is 0 Å². The van der Waals surface area contributed by atoms with Crippen LogP contribution in [0.15, 0.2) is 30.3 Å². The SMILES string of the molecule is CCCCCCCCCCCCCCCC[N+](C)(C)[C@@H](CC)c1ccccc1. The molecule has 0 N–H and O–H groups in total. The molecule has 28 heavy (non-hydrogen) atoms. The van der Waals surface area contributed by atoms with Crippen molar-refractivity contribution in [1.82, 2.24) is 0 Å². The minimum Gasteiger partial charge on any atom is -0.322 e. The van der Waals surface area contributed by atoms with Crippen LogP contribution in [0.25, 0.3) is 0 Å². The molecule has 162 valence electrons. The zero-order valence-electron chi connectivity index (χ0n) is 19.7. The van der Waals surface area contributed by atoms with Gasteiger partial charge in [-0.05, 0) is 12.8 Å². The minimum absolute atomic E-state index is 0.628. The Balaban J connectivity index is 2.01. The van der Waals surface area contributed by atoms with Gasteiger partial charge in [0, 0.05) is 12.0 Å². The molecule has 0 unspecified atom stereocenters. The summed E-state index contributed by atoms with van der Waals surface area (Å²) in [5.74, 6) is 0. The van der Waals surface area contributed by atoms with Gasteiger partial charge in [0.1, 0.15) is 6.04 Å². The first-order valence-electron chi connectivity index (χ1n) is 12.5. The highest BCUT2D eigenvalue weighted by Gasteiger charge is 2.27. The van der Waals surface area contributed by atoms with Gasteiger partial charge in [-0.25, -0.2) is 0 Å². The van der Waals surface area contributed by atoms with Crippen LogP contribution in [0.5, 0.6) is 0 Å². The van der Waals surface area contributed by atoms with Crippen molar-refractivity contribution in [3.05, 3.63) is 35.9 Å². The number of unbranched alkanes of at least 4 members (excludes halogenated alkanes) is 13. The molecule has 0 bridgehead atoms. The van der Waals surface area contributed by atoms with Crippen LogP contribution in [0.1, 0.15) is 122 Å². The fourth-order valence-corrected chi connectivity index (χ4v) is 4.68. The highest BCUT2D eigenvalue weighted by molar-refractivity contribution is 5.17. The van der Waals surface area contributed by atoms with E-state index in [4.69, 9.17) is 0 Å². The zero-order valence-corrected chi connectivity index (χ0v) is 19.7. The van der Waals surface area contributed by atoms with Gasteiger partial charge in [0.2, 0.25) is 0 Å². The van der Waals surface area contributed by atoms with E-state index in [9.17, 15) is 0 Å². The summed E-state index contributed by atoms with van der Waals surface area (Å²) < 4.78 is 1.12. The number of hydrogen-bond acceptors (Lipinski definition) is 0. The Morgan fingerprint density at radius 3 is 1.46 bits per heavy atom. The Labute approximate surface area is 177 Å². The summed E-state index contributed by atoms with van der Waals surface area (Å²) in [5.41, 5.74) is 1.50. The summed E-state index contributed by atoms with van der Waals surface area (Å²) in [6.07, 6.45) is 21.4. The number of hydrogen-bond donors (Lipinski definition) is 0.